The molecule has 1 aliphatic rings. The Bertz CT molecular complexity index is 525. The molecule has 3 N–H and O–H groups in total. The third kappa shape index (κ3) is 4.19. The van der Waals surface area contributed by atoms with E-state index in [0.717, 1.165) is 38.5 Å². The van der Waals surface area contributed by atoms with Crippen LogP contribution in [0.25, 0.3) is 0 Å². The number of nitrogens with one attached hydrogen (secondary N) is 1. The van der Waals surface area contributed by atoms with Gasteiger partial charge < -0.3 is 4.74 Å². The van der Waals surface area contributed by atoms with Crippen LogP contribution >= 0.6 is 0 Å². The molecule has 1 aromatic rings. The number of nitrogens with two attached hydrogens (primary N) is 1. The number of benzene rings is 1. The van der Waals surface area contributed by atoms with Crippen molar-refractivity contribution in [3.05, 3.63) is 28.8 Å². The zero-order chi connectivity index (χ0) is 16.1. The summed E-state index contributed by atoms with van der Waals surface area (Å²) in [5.74, 6) is 5.94. The largest absolute Gasteiger partial charge is 0.496 e. The molecule has 0 spiro atoms. The van der Waals surface area contributed by atoms with E-state index in [-0.39, 0.29) is 5.91 Å². The fourth-order valence-corrected chi connectivity index (χ4v) is 2.81. The molecule has 0 unspecified atom stereocenters. The van der Waals surface area contributed by atoms with Gasteiger partial charge in [-0.25, -0.2) is 5.84 Å². The first-order valence-corrected chi connectivity index (χ1v) is 7.61. The van der Waals surface area contributed by atoms with Gasteiger partial charge in [0.1, 0.15) is 5.75 Å². The molecule has 0 atom stereocenters. The molecule has 1 heterocycles. The maximum absolute atomic E-state index is 11.3. The Morgan fingerprint density at radius 1 is 1.23 bits per heavy atom. The fraction of sp³-hybridized carbons (Fsp3) is 0.562. The minimum atomic E-state index is -0.132. The normalized spacial score (nSPS) is 16.5. The van der Waals surface area contributed by atoms with Crippen molar-refractivity contribution in [2.75, 3.05) is 39.8 Å². The number of hydrogen-bond acceptors (Lipinski definition) is 5. The number of hydrazine groups is 1. The lowest BCUT2D eigenvalue weighted by Crippen LogP contribution is -2.49. The summed E-state index contributed by atoms with van der Waals surface area (Å²) in [5.41, 5.74) is 5.91. The van der Waals surface area contributed by atoms with Gasteiger partial charge in [0.2, 0.25) is 5.91 Å². The minimum absolute atomic E-state index is 0.132. The van der Waals surface area contributed by atoms with Gasteiger partial charge in [0.05, 0.1) is 13.7 Å². The lowest BCUT2D eigenvalue weighted by atomic mass is 10.0. The van der Waals surface area contributed by atoms with E-state index in [2.05, 4.69) is 41.2 Å². The van der Waals surface area contributed by atoms with Crippen LogP contribution in [0.5, 0.6) is 5.75 Å². The predicted octanol–water partition coefficient (Wildman–Crippen LogP) is 0.420. The maximum Gasteiger partial charge on any atom is 0.248 e. The van der Waals surface area contributed by atoms with Crippen LogP contribution in [0.2, 0.25) is 0 Å². The van der Waals surface area contributed by atoms with Crippen LogP contribution in [-0.4, -0.2) is 55.5 Å². The molecule has 1 saturated heterocycles. The maximum atomic E-state index is 11.3. The lowest BCUT2D eigenvalue weighted by Gasteiger charge is -2.34. The van der Waals surface area contributed by atoms with Gasteiger partial charge in [-0.1, -0.05) is 6.07 Å². The first-order valence-electron chi connectivity index (χ1n) is 7.61. The molecule has 6 heteroatoms. The highest BCUT2D eigenvalue weighted by Crippen LogP contribution is 2.24. The first-order chi connectivity index (χ1) is 10.5. The number of rotatable bonds is 5. The predicted molar refractivity (Wildman–Crippen MR) is 86.5 cm³/mol. The quantitative estimate of drug-likeness (QED) is 0.469. The Labute approximate surface area is 132 Å². The highest BCUT2D eigenvalue weighted by molar-refractivity contribution is 5.77. The average molecular weight is 306 g/mol. The molecule has 0 saturated carbocycles. The number of nitrogens with zero attached hydrogens (tertiary/aromatic N) is 2. The summed E-state index contributed by atoms with van der Waals surface area (Å²) >= 11 is 0. The van der Waals surface area contributed by atoms with Crippen LogP contribution < -0.4 is 16.0 Å². The standard InChI is InChI=1S/C16H26N4O2/c1-12-8-14(9-15(22-3)13(12)2)10-19-4-6-20(7-5-19)11-16(21)18-17/h8-9H,4-7,10-11,17H2,1-3H3,(H,18,21). The summed E-state index contributed by atoms with van der Waals surface area (Å²) in [6, 6.07) is 4.35. The monoisotopic (exact) mass is 306 g/mol. The summed E-state index contributed by atoms with van der Waals surface area (Å²) in [7, 11) is 1.72. The van der Waals surface area contributed by atoms with Crippen molar-refractivity contribution in [1.29, 1.82) is 0 Å². The summed E-state index contributed by atoms with van der Waals surface area (Å²) in [6.07, 6.45) is 0. The van der Waals surface area contributed by atoms with E-state index in [9.17, 15) is 4.79 Å². The van der Waals surface area contributed by atoms with E-state index in [0.29, 0.717) is 6.54 Å². The van der Waals surface area contributed by atoms with Gasteiger partial charge in [0.25, 0.3) is 0 Å². The molecular weight excluding hydrogens is 280 g/mol. The molecule has 22 heavy (non-hydrogen) atoms. The lowest BCUT2D eigenvalue weighted by molar-refractivity contribution is -0.122. The third-order valence-electron chi connectivity index (χ3n) is 4.30. The Morgan fingerprint density at radius 2 is 1.86 bits per heavy atom. The van der Waals surface area contributed by atoms with Crippen molar-refractivity contribution in [2.45, 2.75) is 20.4 Å². The van der Waals surface area contributed by atoms with E-state index < -0.39 is 0 Å². The Morgan fingerprint density at radius 3 is 2.45 bits per heavy atom. The molecular formula is C16H26N4O2. The van der Waals surface area contributed by atoms with E-state index in [1.165, 1.54) is 16.7 Å². The second kappa shape index (κ2) is 7.58. The molecule has 1 aromatic carbocycles. The molecule has 1 aliphatic heterocycles. The van der Waals surface area contributed by atoms with Gasteiger partial charge in [-0.2, -0.15) is 0 Å². The smallest absolute Gasteiger partial charge is 0.248 e. The minimum Gasteiger partial charge on any atom is -0.496 e. The highest BCUT2D eigenvalue weighted by atomic mass is 16.5. The molecule has 1 amide bonds. The van der Waals surface area contributed by atoms with Gasteiger partial charge in [-0.15, -0.1) is 0 Å². The summed E-state index contributed by atoms with van der Waals surface area (Å²) < 4.78 is 5.45. The van der Waals surface area contributed by atoms with Crippen LogP contribution in [0, 0.1) is 13.8 Å². The van der Waals surface area contributed by atoms with Gasteiger partial charge in [-0.3, -0.25) is 20.0 Å². The first kappa shape index (κ1) is 16.7. The van der Waals surface area contributed by atoms with Crippen molar-refractivity contribution in [1.82, 2.24) is 15.2 Å². The number of amides is 1. The molecule has 0 aliphatic carbocycles. The Balaban J connectivity index is 1.91. The second-order valence-electron chi connectivity index (χ2n) is 5.86. The molecule has 2 rings (SSSR count). The number of aryl methyl sites for hydroxylation is 1. The van der Waals surface area contributed by atoms with Crippen molar-refractivity contribution < 1.29 is 9.53 Å². The van der Waals surface area contributed by atoms with Crippen molar-refractivity contribution in [3.63, 3.8) is 0 Å². The summed E-state index contributed by atoms with van der Waals surface area (Å²) in [5, 5.41) is 0. The van der Waals surface area contributed by atoms with Gasteiger partial charge in [0, 0.05) is 32.7 Å². The van der Waals surface area contributed by atoms with Crippen LogP contribution in [-0.2, 0) is 11.3 Å². The summed E-state index contributed by atoms with van der Waals surface area (Å²) in [6.45, 7) is 9.16. The van der Waals surface area contributed by atoms with Crippen LogP contribution in [0.1, 0.15) is 16.7 Å². The van der Waals surface area contributed by atoms with Crippen LogP contribution in [0.3, 0.4) is 0 Å². The number of methoxy groups -OCH3 is 1. The SMILES string of the molecule is COc1cc(CN2CCN(CC(=O)NN)CC2)cc(C)c1C. The second-order valence-corrected chi connectivity index (χ2v) is 5.86. The van der Waals surface area contributed by atoms with Crippen molar-refractivity contribution >= 4 is 5.91 Å². The van der Waals surface area contributed by atoms with E-state index in [4.69, 9.17) is 10.6 Å². The fourth-order valence-electron chi connectivity index (χ4n) is 2.81. The molecule has 6 nitrogen and oxygen atoms in total. The molecule has 0 bridgehead atoms. The number of hydrogen-bond donors (Lipinski definition) is 2. The van der Waals surface area contributed by atoms with Gasteiger partial charge in [-0.05, 0) is 36.6 Å². The van der Waals surface area contributed by atoms with Gasteiger partial charge in [0.15, 0.2) is 0 Å². The zero-order valence-corrected chi connectivity index (χ0v) is 13.7. The topological polar surface area (TPSA) is 70.8 Å². The van der Waals surface area contributed by atoms with Crippen molar-refractivity contribution in [3.8, 4) is 5.75 Å². The number of piperazine rings is 1. The van der Waals surface area contributed by atoms with E-state index >= 15 is 0 Å². The Kier molecular flexibility index (Phi) is 5.76. The van der Waals surface area contributed by atoms with E-state index in [1.54, 1.807) is 7.11 Å². The zero-order valence-electron chi connectivity index (χ0n) is 13.7. The van der Waals surface area contributed by atoms with Crippen molar-refractivity contribution in [2.24, 2.45) is 5.84 Å². The summed E-state index contributed by atoms with van der Waals surface area (Å²) in [4.78, 5) is 15.8. The van der Waals surface area contributed by atoms with Crippen LogP contribution in [0.4, 0.5) is 0 Å². The molecule has 1 fully saturated rings. The molecule has 122 valence electrons. The highest BCUT2D eigenvalue weighted by Gasteiger charge is 2.19. The average Bonchev–Trinajstić information content (AvgIpc) is 2.52. The van der Waals surface area contributed by atoms with Crippen LogP contribution in [0.15, 0.2) is 12.1 Å². The molecule has 0 radical (unpaired) electrons. The number of ether oxygens (including phenoxy) is 1. The number of carbonyl (C=O) groups is 1. The molecule has 0 aromatic heterocycles. The van der Waals surface area contributed by atoms with Gasteiger partial charge >= 0.3 is 0 Å². The third-order valence-corrected chi connectivity index (χ3v) is 4.30. The number of carbonyl (C=O) groups excluding carboxylic acids is 1. The van der Waals surface area contributed by atoms with E-state index in [1.807, 2.05) is 0 Å². The Hall–Kier alpha value is -1.63.